The lowest BCUT2D eigenvalue weighted by molar-refractivity contribution is -0.380. The van der Waals surface area contributed by atoms with Gasteiger partial charge in [0.15, 0.2) is 12.8 Å². The van der Waals surface area contributed by atoms with Gasteiger partial charge in [-0.2, -0.15) is 0 Å². The number of aromatic nitrogens is 1. The summed E-state index contributed by atoms with van der Waals surface area (Å²) in [5.41, 5.74) is 7.28. The number of carbonyl (C=O) groups excluding carboxylic acids is 1. The van der Waals surface area contributed by atoms with E-state index in [1.165, 1.54) is 0 Å². The molecule has 6 nitrogen and oxygen atoms in total. The zero-order valence-electron chi connectivity index (χ0n) is 11.6. The molecule has 0 unspecified atom stereocenters. The van der Waals surface area contributed by atoms with Gasteiger partial charge in [0, 0.05) is 12.1 Å². The standard InChI is InChI=1S/C15H15N3O3/c1-11-5-4-6-12(9-11)20-10-14(19)21-18-15(16)13-7-2-3-8-17-13/h2-9H,10H2,1H3,(H2,16,18)/p+1. The van der Waals surface area contributed by atoms with Crippen LogP contribution in [-0.4, -0.2) is 18.4 Å². The summed E-state index contributed by atoms with van der Waals surface area (Å²) < 4.78 is 5.29. The van der Waals surface area contributed by atoms with Gasteiger partial charge in [-0.1, -0.05) is 17.3 Å². The van der Waals surface area contributed by atoms with Crippen molar-refractivity contribution in [1.82, 2.24) is 0 Å². The van der Waals surface area contributed by atoms with Crippen molar-refractivity contribution >= 4 is 11.8 Å². The first-order valence-corrected chi connectivity index (χ1v) is 6.35. The van der Waals surface area contributed by atoms with E-state index in [2.05, 4.69) is 15.0 Å². The Morgan fingerprint density at radius 2 is 2.14 bits per heavy atom. The van der Waals surface area contributed by atoms with Crippen molar-refractivity contribution in [1.29, 1.82) is 0 Å². The molecule has 0 aliphatic heterocycles. The molecule has 1 aromatic carbocycles. The van der Waals surface area contributed by atoms with Gasteiger partial charge in [-0.25, -0.2) is 9.78 Å². The molecule has 0 saturated heterocycles. The molecule has 108 valence electrons. The van der Waals surface area contributed by atoms with Gasteiger partial charge >= 0.3 is 5.97 Å². The van der Waals surface area contributed by atoms with E-state index in [0.29, 0.717) is 11.4 Å². The van der Waals surface area contributed by atoms with Crippen molar-refractivity contribution < 1.29 is 19.4 Å². The van der Waals surface area contributed by atoms with E-state index in [9.17, 15) is 4.79 Å². The Labute approximate surface area is 122 Å². The number of hydrogen-bond acceptors (Lipinski definition) is 4. The number of aryl methyl sites for hydroxylation is 1. The molecular formula is C15H16N3O3+. The molecule has 2 aromatic rings. The number of aromatic amines is 1. The lowest BCUT2D eigenvalue weighted by Crippen LogP contribution is -2.25. The van der Waals surface area contributed by atoms with E-state index in [1.807, 2.05) is 25.1 Å². The van der Waals surface area contributed by atoms with Crippen molar-refractivity contribution in [3.8, 4) is 5.75 Å². The Morgan fingerprint density at radius 3 is 2.86 bits per heavy atom. The lowest BCUT2D eigenvalue weighted by Gasteiger charge is -2.04. The Balaban J connectivity index is 1.85. The average molecular weight is 286 g/mol. The van der Waals surface area contributed by atoms with Crippen molar-refractivity contribution in [2.75, 3.05) is 6.61 Å². The summed E-state index contributed by atoms with van der Waals surface area (Å²) in [6.45, 7) is 1.70. The molecule has 0 spiro atoms. The summed E-state index contributed by atoms with van der Waals surface area (Å²) in [7, 11) is 0. The van der Waals surface area contributed by atoms with Gasteiger partial charge in [0.2, 0.25) is 11.5 Å². The normalized spacial score (nSPS) is 11.0. The number of pyridine rings is 1. The number of nitrogens with two attached hydrogens (primary N) is 1. The molecule has 2 rings (SSSR count). The largest absolute Gasteiger partial charge is 0.482 e. The number of hydrogen-bond donors (Lipinski definition) is 1. The summed E-state index contributed by atoms with van der Waals surface area (Å²) in [5, 5.41) is 3.56. The number of rotatable bonds is 5. The van der Waals surface area contributed by atoms with Crippen LogP contribution in [-0.2, 0) is 9.63 Å². The number of amidine groups is 1. The Hall–Kier alpha value is -2.89. The zero-order chi connectivity index (χ0) is 15.1. The van der Waals surface area contributed by atoms with E-state index in [4.69, 9.17) is 10.5 Å². The van der Waals surface area contributed by atoms with Crippen molar-refractivity contribution in [3.05, 3.63) is 59.9 Å². The second-order valence-electron chi connectivity index (χ2n) is 4.32. The molecule has 0 saturated carbocycles. The van der Waals surface area contributed by atoms with Crippen LogP contribution in [0.3, 0.4) is 0 Å². The minimum Gasteiger partial charge on any atom is -0.482 e. The Morgan fingerprint density at radius 1 is 1.29 bits per heavy atom. The van der Waals surface area contributed by atoms with E-state index in [1.54, 1.807) is 30.5 Å². The number of H-pyrrole nitrogens is 1. The predicted molar refractivity (Wildman–Crippen MR) is 76.5 cm³/mol. The number of ether oxygens (including phenoxy) is 1. The molecule has 0 aliphatic rings. The zero-order valence-corrected chi connectivity index (χ0v) is 11.6. The molecule has 1 aromatic heterocycles. The van der Waals surface area contributed by atoms with Gasteiger partial charge < -0.3 is 15.3 Å². The van der Waals surface area contributed by atoms with E-state index in [-0.39, 0.29) is 12.4 Å². The van der Waals surface area contributed by atoms with Crippen molar-refractivity contribution in [3.63, 3.8) is 0 Å². The van der Waals surface area contributed by atoms with Crippen LogP contribution in [0.1, 0.15) is 11.3 Å². The summed E-state index contributed by atoms with van der Waals surface area (Å²) in [4.78, 5) is 19.1. The number of nitrogens with one attached hydrogen (secondary N) is 1. The van der Waals surface area contributed by atoms with Crippen LogP contribution in [0.15, 0.2) is 53.8 Å². The van der Waals surface area contributed by atoms with Gasteiger partial charge in [-0.05, 0) is 30.7 Å². The SMILES string of the molecule is Cc1cccc(OCC(=O)ON=C(N)c2cccc[nH+]2)c1. The quantitative estimate of drug-likeness (QED) is 0.385. The molecule has 0 radical (unpaired) electrons. The third-order valence-corrected chi connectivity index (χ3v) is 2.58. The van der Waals surface area contributed by atoms with E-state index >= 15 is 0 Å². The first-order valence-electron chi connectivity index (χ1n) is 6.35. The maximum atomic E-state index is 11.5. The van der Waals surface area contributed by atoms with Crippen LogP contribution >= 0.6 is 0 Å². The summed E-state index contributed by atoms with van der Waals surface area (Å²) in [5.74, 6) is 0.0511. The van der Waals surface area contributed by atoms with Gasteiger partial charge in [-0.3, -0.25) is 0 Å². The third-order valence-electron chi connectivity index (χ3n) is 2.58. The average Bonchev–Trinajstić information content (AvgIpc) is 2.51. The van der Waals surface area contributed by atoms with Crippen LogP contribution in [0.4, 0.5) is 0 Å². The van der Waals surface area contributed by atoms with Crippen LogP contribution in [0.25, 0.3) is 0 Å². The second kappa shape index (κ2) is 7.04. The smallest absolute Gasteiger partial charge is 0.372 e. The number of carbonyl (C=O) groups is 1. The maximum Gasteiger partial charge on any atom is 0.372 e. The first kappa shape index (κ1) is 14.5. The molecule has 1 heterocycles. The Bertz CT molecular complexity index is 642. The predicted octanol–water partition coefficient (Wildman–Crippen LogP) is 1.05. The van der Waals surface area contributed by atoms with Crippen molar-refractivity contribution in [2.45, 2.75) is 6.92 Å². The third kappa shape index (κ3) is 4.61. The Kier molecular flexibility index (Phi) is 4.87. The monoisotopic (exact) mass is 286 g/mol. The van der Waals surface area contributed by atoms with Gasteiger partial charge in [-0.15, -0.1) is 0 Å². The second-order valence-corrected chi connectivity index (χ2v) is 4.32. The van der Waals surface area contributed by atoms with Crippen molar-refractivity contribution in [2.24, 2.45) is 10.9 Å². The van der Waals surface area contributed by atoms with Gasteiger partial charge in [0.05, 0.1) is 0 Å². The molecule has 21 heavy (non-hydrogen) atoms. The number of nitrogens with zero attached hydrogens (tertiary/aromatic N) is 1. The fourth-order valence-electron chi connectivity index (χ4n) is 1.58. The summed E-state index contributed by atoms with van der Waals surface area (Å²) in [6.07, 6.45) is 1.69. The lowest BCUT2D eigenvalue weighted by atomic mass is 10.2. The molecule has 0 aliphatic carbocycles. The van der Waals surface area contributed by atoms with E-state index < -0.39 is 5.97 Å². The minimum absolute atomic E-state index is 0.0829. The van der Waals surface area contributed by atoms with E-state index in [0.717, 1.165) is 5.56 Å². The summed E-state index contributed by atoms with van der Waals surface area (Å²) in [6, 6.07) is 12.7. The number of oxime groups is 1. The van der Waals surface area contributed by atoms with Crippen LogP contribution in [0.2, 0.25) is 0 Å². The fraction of sp³-hybridized carbons (Fsp3) is 0.133. The molecular weight excluding hydrogens is 270 g/mol. The fourth-order valence-corrected chi connectivity index (χ4v) is 1.58. The van der Waals surface area contributed by atoms with Gasteiger partial charge in [0.1, 0.15) is 5.75 Å². The highest BCUT2D eigenvalue weighted by Gasteiger charge is 2.09. The first-order chi connectivity index (χ1) is 10.1. The molecule has 0 bridgehead atoms. The van der Waals surface area contributed by atoms with Crippen LogP contribution < -0.4 is 15.5 Å². The number of benzene rings is 1. The highest BCUT2D eigenvalue weighted by molar-refractivity contribution is 5.94. The molecule has 3 N–H and O–H groups in total. The van der Waals surface area contributed by atoms with Crippen LogP contribution in [0, 0.1) is 6.92 Å². The summed E-state index contributed by atoms with van der Waals surface area (Å²) >= 11 is 0. The van der Waals surface area contributed by atoms with Gasteiger partial charge in [0.25, 0.3) is 0 Å². The minimum atomic E-state index is -0.629. The molecule has 0 atom stereocenters. The highest BCUT2D eigenvalue weighted by atomic mass is 16.7. The highest BCUT2D eigenvalue weighted by Crippen LogP contribution is 2.12. The molecule has 0 amide bonds. The molecule has 0 fully saturated rings. The van der Waals surface area contributed by atoms with Crippen LogP contribution in [0.5, 0.6) is 5.75 Å². The maximum absolute atomic E-state index is 11.5. The topological polar surface area (TPSA) is 88.0 Å². The molecule has 6 heteroatoms.